The average Bonchev–Trinajstić information content (AvgIpc) is 3.37. The molecule has 42 heavy (non-hydrogen) atoms. The SMILES string of the molecule is CC(C)(C)OC(=O)CC[C@@]1(C(=O)NCc2ccc(Cl)cc2)N=C(c2ccc(OCCCO)cc2)O[C@@H]1c1ccccc1. The third kappa shape index (κ3) is 8.11. The Kier molecular flexibility index (Phi) is 10.2. The summed E-state index contributed by atoms with van der Waals surface area (Å²) in [5.74, 6) is 0.139. The lowest BCUT2D eigenvalue weighted by molar-refractivity contribution is -0.155. The van der Waals surface area contributed by atoms with Crippen molar-refractivity contribution < 1.29 is 28.9 Å². The number of amides is 1. The van der Waals surface area contributed by atoms with Gasteiger partial charge in [0.05, 0.1) is 6.61 Å². The number of ether oxygens (including phenoxy) is 3. The lowest BCUT2D eigenvalue weighted by atomic mass is 9.83. The van der Waals surface area contributed by atoms with Gasteiger partial charge >= 0.3 is 5.97 Å². The van der Waals surface area contributed by atoms with Crippen molar-refractivity contribution in [3.8, 4) is 5.75 Å². The molecule has 0 bridgehead atoms. The van der Waals surface area contributed by atoms with Crippen molar-refractivity contribution in [1.82, 2.24) is 5.32 Å². The monoisotopic (exact) mass is 592 g/mol. The number of carbonyl (C=O) groups excluding carboxylic acids is 2. The highest BCUT2D eigenvalue weighted by atomic mass is 35.5. The summed E-state index contributed by atoms with van der Waals surface area (Å²) in [5.41, 5.74) is 0.171. The summed E-state index contributed by atoms with van der Waals surface area (Å²) in [6.45, 7) is 6.10. The van der Waals surface area contributed by atoms with Gasteiger partial charge in [-0.3, -0.25) is 9.59 Å². The van der Waals surface area contributed by atoms with Gasteiger partial charge in [-0.25, -0.2) is 4.99 Å². The van der Waals surface area contributed by atoms with Gasteiger partial charge in [0, 0.05) is 36.6 Å². The number of nitrogens with zero attached hydrogens (tertiary/aromatic N) is 1. The first-order chi connectivity index (χ1) is 20.1. The van der Waals surface area contributed by atoms with Gasteiger partial charge < -0.3 is 24.6 Å². The average molecular weight is 593 g/mol. The summed E-state index contributed by atoms with van der Waals surface area (Å²) in [4.78, 5) is 31.9. The van der Waals surface area contributed by atoms with E-state index in [1.807, 2.05) is 54.6 Å². The van der Waals surface area contributed by atoms with Gasteiger partial charge in [0.25, 0.3) is 5.91 Å². The molecule has 3 aromatic carbocycles. The Bertz CT molecular complexity index is 1370. The largest absolute Gasteiger partial charge is 0.494 e. The van der Waals surface area contributed by atoms with E-state index < -0.39 is 23.2 Å². The minimum absolute atomic E-state index is 0.0350. The molecule has 0 saturated heterocycles. The Morgan fingerprint density at radius 1 is 1.02 bits per heavy atom. The number of hydrogen-bond acceptors (Lipinski definition) is 7. The normalized spacial score (nSPS) is 18.1. The zero-order valence-electron chi connectivity index (χ0n) is 24.1. The van der Waals surface area contributed by atoms with E-state index in [9.17, 15) is 9.59 Å². The van der Waals surface area contributed by atoms with Crippen LogP contribution in [0.3, 0.4) is 0 Å². The fourth-order valence-electron chi connectivity index (χ4n) is 4.62. The summed E-state index contributed by atoms with van der Waals surface area (Å²) in [6.07, 6.45) is -0.226. The van der Waals surface area contributed by atoms with E-state index in [0.29, 0.717) is 29.4 Å². The highest BCUT2D eigenvalue weighted by molar-refractivity contribution is 6.30. The molecule has 3 aromatic rings. The summed E-state index contributed by atoms with van der Waals surface area (Å²) < 4.78 is 17.7. The van der Waals surface area contributed by atoms with Gasteiger partial charge in [0.1, 0.15) is 11.4 Å². The van der Waals surface area contributed by atoms with Crippen molar-refractivity contribution in [2.75, 3.05) is 13.2 Å². The van der Waals surface area contributed by atoms with Gasteiger partial charge in [-0.1, -0.05) is 54.1 Å². The number of aliphatic hydroxyl groups is 1. The second-order valence-corrected chi connectivity index (χ2v) is 11.5. The molecular formula is C33H37ClN2O6. The molecule has 4 rings (SSSR count). The van der Waals surface area contributed by atoms with Crippen molar-refractivity contribution in [2.45, 2.75) is 63.8 Å². The molecule has 1 amide bonds. The fraction of sp³-hybridized carbons (Fsp3) is 0.364. The molecule has 222 valence electrons. The van der Waals surface area contributed by atoms with Gasteiger partial charge in [-0.15, -0.1) is 0 Å². The minimum Gasteiger partial charge on any atom is -0.494 e. The first kappa shape index (κ1) is 31.1. The summed E-state index contributed by atoms with van der Waals surface area (Å²) in [7, 11) is 0. The smallest absolute Gasteiger partial charge is 0.306 e. The predicted molar refractivity (Wildman–Crippen MR) is 162 cm³/mol. The van der Waals surface area contributed by atoms with Crippen LogP contribution in [0.4, 0.5) is 0 Å². The van der Waals surface area contributed by atoms with Crippen molar-refractivity contribution in [3.63, 3.8) is 0 Å². The van der Waals surface area contributed by atoms with Crippen LogP contribution in [0.5, 0.6) is 5.75 Å². The molecule has 9 heteroatoms. The molecule has 2 N–H and O–H groups in total. The molecule has 0 unspecified atom stereocenters. The van der Waals surface area contributed by atoms with E-state index >= 15 is 0 Å². The standard InChI is InChI=1S/C33H37ClN2O6/c1-32(2,3)42-28(38)18-19-33(31(39)35-22-23-10-14-26(34)15-11-23)29(24-8-5-4-6-9-24)41-30(36-33)25-12-16-27(17-13-25)40-21-7-20-37/h4-6,8-17,29,37H,7,18-22H2,1-3H3,(H,35,39)/t29-,33-/m1/s1. The third-order valence-corrected chi connectivity index (χ3v) is 6.88. The highest BCUT2D eigenvalue weighted by Crippen LogP contribution is 2.43. The topological polar surface area (TPSA) is 106 Å². The molecule has 1 aliphatic rings. The molecule has 1 aliphatic heterocycles. The molecule has 0 aliphatic carbocycles. The van der Waals surface area contributed by atoms with E-state index in [4.69, 9.17) is 35.9 Å². The van der Waals surface area contributed by atoms with E-state index in [-0.39, 0.29) is 37.8 Å². The predicted octanol–water partition coefficient (Wildman–Crippen LogP) is 5.80. The van der Waals surface area contributed by atoms with Crippen molar-refractivity contribution in [2.24, 2.45) is 4.99 Å². The van der Waals surface area contributed by atoms with Crippen LogP contribution in [0.1, 0.15) is 62.8 Å². The van der Waals surface area contributed by atoms with Crippen molar-refractivity contribution in [1.29, 1.82) is 0 Å². The summed E-state index contributed by atoms with van der Waals surface area (Å²) in [6, 6.07) is 23.8. The van der Waals surface area contributed by atoms with Crippen LogP contribution in [0, 0.1) is 0 Å². The fourth-order valence-corrected chi connectivity index (χ4v) is 4.75. The Morgan fingerprint density at radius 3 is 2.36 bits per heavy atom. The number of hydrogen-bond donors (Lipinski definition) is 2. The maximum Gasteiger partial charge on any atom is 0.306 e. The quantitative estimate of drug-likeness (QED) is 0.203. The number of halogens is 1. The van der Waals surface area contributed by atoms with E-state index in [1.54, 1.807) is 45.0 Å². The summed E-state index contributed by atoms with van der Waals surface area (Å²) >= 11 is 6.04. The van der Waals surface area contributed by atoms with Gasteiger partial charge in [-0.05, 0) is 74.7 Å². The number of benzene rings is 3. The van der Waals surface area contributed by atoms with Crippen LogP contribution in [0.25, 0.3) is 0 Å². The molecular weight excluding hydrogens is 556 g/mol. The lowest BCUT2D eigenvalue weighted by Crippen LogP contribution is -2.48. The number of aliphatic imine (C=N–C) groups is 1. The Hall–Kier alpha value is -3.88. The molecule has 1 heterocycles. The molecule has 2 atom stereocenters. The third-order valence-electron chi connectivity index (χ3n) is 6.63. The molecule has 0 spiro atoms. The van der Waals surface area contributed by atoms with Gasteiger partial charge in [0.2, 0.25) is 5.90 Å². The maximum atomic E-state index is 14.1. The number of esters is 1. The van der Waals surface area contributed by atoms with Gasteiger partial charge in [-0.2, -0.15) is 0 Å². The highest BCUT2D eigenvalue weighted by Gasteiger charge is 2.53. The maximum absolute atomic E-state index is 14.1. The Balaban J connectivity index is 1.69. The van der Waals surface area contributed by atoms with Crippen LogP contribution in [-0.4, -0.2) is 47.2 Å². The summed E-state index contributed by atoms with van der Waals surface area (Å²) in [5, 5.41) is 12.6. The van der Waals surface area contributed by atoms with Crippen LogP contribution in [-0.2, 0) is 25.6 Å². The molecule has 0 saturated carbocycles. The van der Waals surface area contributed by atoms with Crippen molar-refractivity contribution >= 4 is 29.4 Å². The zero-order valence-corrected chi connectivity index (χ0v) is 24.9. The van der Waals surface area contributed by atoms with E-state index in [2.05, 4.69) is 5.32 Å². The van der Waals surface area contributed by atoms with Gasteiger partial charge in [0.15, 0.2) is 11.6 Å². The van der Waals surface area contributed by atoms with Crippen molar-refractivity contribution in [3.05, 3.63) is 101 Å². The number of carbonyl (C=O) groups is 2. The van der Waals surface area contributed by atoms with Crippen LogP contribution >= 0.6 is 11.6 Å². The van der Waals surface area contributed by atoms with E-state index in [1.165, 1.54) is 0 Å². The Morgan fingerprint density at radius 2 is 1.71 bits per heavy atom. The zero-order chi connectivity index (χ0) is 30.2. The second kappa shape index (κ2) is 13.9. The number of aliphatic hydroxyl groups excluding tert-OH is 1. The Labute approximate surface area is 251 Å². The van der Waals surface area contributed by atoms with Crippen LogP contribution in [0.2, 0.25) is 5.02 Å². The second-order valence-electron chi connectivity index (χ2n) is 11.1. The molecule has 8 nitrogen and oxygen atoms in total. The van der Waals surface area contributed by atoms with Crippen LogP contribution in [0.15, 0.2) is 83.9 Å². The number of rotatable bonds is 12. The molecule has 0 aromatic heterocycles. The lowest BCUT2D eigenvalue weighted by Gasteiger charge is -2.31. The number of nitrogens with one attached hydrogen (secondary N) is 1. The van der Waals surface area contributed by atoms with Crippen LogP contribution < -0.4 is 10.1 Å². The first-order valence-corrected chi connectivity index (χ1v) is 14.4. The molecule has 0 fully saturated rings. The minimum atomic E-state index is -1.45. The molecule has 0 radical (unpaired) electrons. The first-order valence-electron chi connectivity index (χ1n) is 14.0. The van der Waals surface area contributed by atoms with E-state index in [0.717, 1.165) is 11.1 Å².